The molecule has 18 heavy (non-hydrogen) atoms. The van der Waals surface area contributed by atoms with Crippen LogP contribution in [0, 0.1) is 13.8 Å². The van der Waals surface area contributed by atoms with Crippen molar-refractivity contribution in [3.8, 4) is 0 Å². The third-order valence-electron chi connectivity index (χ3n) is 2.72. The summed E-state index contributed by atoms with van der Waals surface area (Å²) in [5, 5.41) is 5.36. The van der Waals surface area contributed by atoms with Crippen LogP contribution in [0.15, 0.2) is 18.2 Å². The van der Waals surface area contributed by atoms with Gasteiger partial charge in [0.2, 0.25) is 5.91 Å². The summed E-state index contributed by atoms with van der Waals surface area (Å²) in [6, 6.07) is 5.09. The van der Waals surface area contributed by atoms with Crippen LogP contribution in [-0.4, -0.2) is 24.4 Å². The first-order valence-corrected chi connectivity index (χ1v) is 6.11. The summed E-state index contributed by atoms with van der Waals surface area (Å²) >= 11 is 0. The van der Waals surface area contributed by atoms with Crippen LogP contribution in [0.2, 0.25) is 0 Å². The number of carbonyl (C=O) groups excluding carboxylic acids is 2. The van der Waals surface area contributed by atoms with Crippen molar-refractivity contribution in [3.05, 3.63) is 34.9 Å². The van der Waals surface area contributed by atoms with E-state index in [4.69, 9.17) is 0 Å². The lowest BCUT2D eigenvalue weighted by molar-refractivity contribution is -0.122. The van der Waals surface area contributed by atoms with Crippen LogP contribution < -0.4 is 10.6 Å². The Morgan fingerprint density at radius 2 is 1.94 bits per heavy atom. The highest BCUT2D eigenvalue weighted by molar-refractivity contribution is 5.98. The van der Waals surface area contributed by atoms with E-state index >= 15 is 0 Å². The molecule has 98 valence electrons. The highest BCUT2D eigenvalue weighted by atomic mass is 16.2. The minimum absolute atomic E-state index is 0.171. The zero-order valence-electron chi connectivity index (χ0n) is 11.3. The predicted molar refractivity (Wildman–Crippen MR) is 71.5 cm³/mol. The highest BCUT2D eigenvalue weighted by Crippen LogP contribution is 2.10. The van der Waals surface area contributed by atoms with Crippen LogP contribution in [-0.2, 0) is 4.79 Å². The standard InChI is InChI=1S/C14H20N2O2/c1-5-15-13(17)11(4)16-14(18)12-7-6-9(2)8-10(12)3/h6-8,11H,5H2,1-4H3,(H,15,17)(H,16,18). The SMILES string of the molecule is CCNC(=O)C(C)NC(=O)c1ccc(C)cc1C. The maximum atomic E-state index is 12.0. The Morgan fingerprint density at radius 1 is 1.28 bits per heavy atom. The zero-order valence-corrected chi connectivity index (χ0v) is 11.3. The van der Waals surface area contributed by atoms with Crippen molar-refractivity contribution < 1.29 is 9.59 Å². The van der Waals surface area contributed by atoms with Crippen LogP contribution in [0.5, 0.6) is 0 Å². The van der Waals surface area contributed by atoms with E-state index in [9.17, 15) is 9.59 Å². The molecule has 1 atom stereocenters. The molecule has 1 rings (SSSR count). The third-order valence-corrected chi connectivity index (χ3v) is 2.72. The smallest absolute Gasteiger partial charge is 0.252 e. The molecule has 0 aromatic heterocycles. The Balaban J connectivity index is 2.73. The van der Waals surface area contributed by atoms with E-state index in [-0.39, 0.29) is 11.8 Å². The fourth-order valence-electron chi connectivity index (χ4n) is 1.74. The summed E-state index contributed by atoms with van der Waals surface area (Å²) in [4.78, 5) is 23.5. The second-order valence-electron chi connectivity index (χ2n) is 4.41. The Morgan fingerprint density at radius 3 is 2.50 bits per heavy atom. The minimum atomic E-state index is -0.529. The van der Waals surface area contributed by atoms with Gasteiger partial charge in [-0.25, -0.2) is 0 Å². The Labute approximate surface area is 108 Å². The molecule has 2 N–H and O–H groups in total. The zero-order chi connectivity index (χ0) is 13.7. The van der Waals surface area contributed by atoms with Crippen molar-refractivity contribution in [1.29, 1.82) is 0 Å². The van der Waals surface area contributed by atoms with Gasteiger partial charge in [0.05, 0.1) is 0 Å². The van der Waals surface area contributed by atoms with Gasteiger partial charge in [-0.3, -0.25) is 9.59 Å². The van der Waals surface area contributed by atoms with Gasteiger partial charge >= 0.3 is 0 Å². The van der Waals surface area contributed by atoms with Gasteiger partial charge in [-0.05, 0) is 39.3 Å². The molecular weight excluding hydrogens is 228 g/mol. The molecule has 1 unspecified atom stereocenters. The molecule has 1 aromatic rings. The largest absolute Gasteiger partial charge is 0.355 e. The van der Waals surface area contributed by atoms with Crippen molar-refractivity contribution in [2.45, 2.75) is 33.7 Å². The molecule has 0 heterocycles. The quantitative estimate of drug-likeness (QED) is 0.849. The molecule has 0 spiro atoms. The molecule has 0 aliphatic carbocycles. The fraction of sp³-hybridized carbons (Fsp3) is 0.429. The maximum Gasteiger partial charge on any atom is 0.252 e. The summed E-state index contributed by atoms with van der Waals surface area (Å²) in [6.45, 7) is 7.94. The lowest BCUT2D eigenvalue weighted by Crippen LogP contribution is -2.44. The van der Waals surface area contributed by atoms with Gasteiger partial charge < -0.3 is 10.6 Å². The van der Waals surface area contributed by atoms with E-state index in [2.05, 4.69) is 10.6 Å². The van der Waals surface area contributed by atoms with Gasteiger partial charge in [0.25, 0.3) is 5.91 Å². The van der Waals surface area contributed by atoms with Gasteiger partial charge in [-0.15, -0.1) is 0 Å². The molecule has 4 heteroatoms. The number of benzene rings is 1. The third kappa shape index (κ3) is 3.58. The fourth-order valence-corrected chi connectivity index (χ4v) is 1.74. The van der Waals surface area contributed by atoms with Gasteiger partial charge in [-0.1, -0.05) is 17.7 Å². The number of aryl methyl sites for hydroxylation is 2. The lowest BCUT2D eigenvalue weighted by atomic mass is 10.0. The first kappa shape index (κ1) is 14.2. The van der Waals surface area contributed by atoms with Gasteiger partial charge in [0.15, 0.2) is 0 Å². The Bertz CT molecular complexity index is 455. The topological polar surface area (TPSA) is 58.2 Å². The molecule has 0 fully saturated rings. The normalized spacial score (nSPS) is 11.8. The number of hydrogen-bond acceptors (Lipinski definition) is 2. The molecule has 0 aliphatic heterocycles. The van der Waals surface area contributed by atoms with Crippen LogP contribution in [0.4, 0.5) is 0 Å². The van der Waals surface area contributed by atoms with Crippen molar-refractivity contribution in [2.24, 2.45) is 0 Å². The molecule has 0 saturated heterocycles. The first-order chi connectivity index (χ1) is 8.45. The second kappa shape index (κ2) is 6.19. The Kier molecular flexibility index (Phi) is 4.89. The summed E-state index contributed by atoms with van der Waals surface area (Å²) < 4.78 is 0. The molecule has 0 bridgehead atoms. The lowest BCUT2D eigenvalue weighted by Gasteiger charge is -2.14. The van der Waals surface area contributed by atoms with Crippen LogP contribution in [0.3, 0.4) is 0 Å². The summed E-state index contributed by atoms with van der Waals surface area (Å²) in [5.74, 6) is -0.387. The molecule has 0 radical (unpaired) electrons. The first-order valence-electron chi connectivity index (χ1n) is 6.11. The molecule has 0 aliphatic rings. The molecule has 1 aromatic carbocycles. The summed E-state index contributed by atoms with van der Waals surface area (Å²) in [6.07, 6.45) is 0. The van der Waals surface area contributed by atoms with Gasteiger partial charge in [0, 0.05) is 12.1 Å². The Hall–Kier alpha value is -1.84. The van der Waals surface area contributed by atoms with E-state index in [1.54, 1.807) is 13.0 Å². The van der Waals surface area contributed by atoms with Gasteiger partial charge in [-0.2, -0.15) is 0 Å². The van der Waals surface area contributed by atoms with Crippen LogP contribution in [0.25, 0.3) is 0 Å². The predicted octanol–water partition coefficient (Wildman–Crippen LogP) is 1.56. The molecule has 0 saturated carbocycles. The number of likely N-dealkylation sites (N-methyl/N-ethyl adjacent to an activating group) is 1. The van der Waals surface area contributed by atoms with Crippen molar-refractivity contribution in [1.82, 2.24) is 10.6 Å². The van der Waals surface area contributed by atoms with E-state index in [0.29, 0.717) is 12.1 Å². The average molecular weight is 248 g/mol. The van der Waals surface area contributed by atoms with Crippen molar-refractivity contribution in [3.63, 3.8) is 0 Å². The van der Waals surface area contributed by atoms with Crippen LogP contribution >= 0.6 is 0 Å². The minimum Gasteiger partial charge on any atom is -0.355 e. The molecule has 4 nitrogen and oxygen atoms in total. The second-order valence-corrected chi connectivity index (χ2v) is 4.41. The maximum absolute atomic E-state index is 12.0. The van der Waals surface area contributed by atoms with Crippen molar-refractivity contribution in [2.75, 3.05) is 6.54 Å². The number of amides is 2. The number of carbonyl (C=O) groups is 2. The van der Waals surface area contributed by atoms with Crippen molar-refractivity contribution >= 4 is 11.8 Å². The van der Waals surface area contributed by atoms with E-state index in [0.717, 1.165) is 11.1 Å². The van der Waals surface area contributed by atoms with Crippen LogP contribution in [0.1, 0.15) is 35.3 Å². The van der Waals surface area contributed by atoms with E-state index in [1.807, 2.05) is 32.9 Å². The highest BCUT2D eigenvalue weighted by Gasteiger charge is 2.16. The average Bonchev–Trinajstić information content (AvgIpc) is 2.28. The van der Waals surface area contributed by atoms with E-state index in [1.165, 1.54) is 0 Å². The monoisotopic (exact) mass is 248 g/mol. The van der Waals surface area contributed by atoms with Gasteiger partial charge in [0.1, 0.15) is 6.04 Å². The summed E-state index contributed by atoms with van der Waals surface area (Å²) in [7, 11) is 0. The number of hydrogen-bond donors (Lipinski definition) is 2. The number of nitrogens with one attached hydrogen (secondary N) is 2. The van der Waals surface area contributed by atoms with E-state index < -0.39 is 6.04 Å². The molecule has 2 amide bonds. The number of rotatable bonds is 4. The summed E-state index contributed by atoms with van der Waals surface area (Å²) in [5.41, 5.74) is 2.63. The molecular formula is C14H20N2O2.